The van der Waals surface area contributed by atoms with Gasteiger partial charge in [-0.05, 0) is 54.8 Å². The molecule has 0 spiro atoms. The number of anilines is 1. The average molecular weight is 386 g/mol. The molecule has 0 unspecified atom stereocenters. The lowest BCUT2D eigenvalue weighted by Gasteiger charge is -2.14. The zero-order chi connectivity index (χ0) is 20.7. The Morgan fingerprint density at radius 3 is 2.14 bits per heavy atom. The number of hydrogen-bond acceptors (Lipinski definition) is 4. The van der Waals surface area contributed by atoms with Gasteiger partial charge in [-0.15, -0.1) is 0 Å². The van der Waals surface area contributed by atoms with Crippen molar-refractivity contribution < 1.29 is 23.5 Å². The molecule has 28 heavy (non-hydrogen) atoms. The predicted octanol–water partition coefficient (Wildman–Crippen LogP) is 3.25. The first-order chi connectivity index (χ1) is 13.3. The van der Waals surface area contributed by atoms with Gasteiger partial charge in [0.15, 0.2) is 6.10 Å². The van der Waals surface area contributed by atoms with Gasteiger partial charge >= 0.3 is 5.97 Å². The Labute approximate surface area is 163 Å². The minimum absolute atomic E-state index is 0.213. The molecule has 0 saturated carbocycles. The third-order valence-electron chi connectivity index (χ3n) is 4.02. The van der Waals surface area contributed by atoms with Crippen LogP contribution >= 0.6 is 0 Å². The van der Waals surface area contributed by atoms with Crippen molar-refractivity contribution in [3.05, 3.63) is 65.5 Å². The number of carbonyl (C=O) groups excluding carboxylic acids is 3. The van der Waals surface area contributed by atoms with Gasteiger partial charge in [-0.1, -0.05) is 26.0 Å². The zero-order valence-electron chi connectivity index (χ0n) is 16.0. The molecule has 0 saturated heterocycles. The Morgan fingerprint density at radius 1 is 0.964 bits per heavy atom. The molecule has 0 aliphatic rings. The van der Waals surface area contributed by atoms with E-state index in [0.717, 1.165) is 17.7 Å². The van der Waals surface area contributed by atoms with Crippen molar-refractivity contribution in [2.45, 2.75) is 32.8 Å². The molecule has 2 aromatic carbocycles. The second-order valence-electron chi connectivity index (χ2n) is 6.59. The molecule has 2 amide bonds. The number of benzene rings is 2. The summed E-state index contributed by atoms with van der Waals surface area (Å²) in [6, 6.07) is 12.3. The van der Waals surface area contributed by atoms with E-state index in [1.807, 2.05) is 12.1 Å². The van der Waals surface area contributed by atoms with Gasteiger partial charge in [-0.2, -0.15) is 0 Å². The number of hydrogen-bond donors (Lipinski definition) is 2. The molecule has 0 heterocycles. The van der Waals surface area contributed by atoms with Crippen LogP contribution in [0.4, 0.5) is 10.1 Å². The van der Waals surface area contributed by atoms with Crippen LogP contribution in [0.15, 0.2) is 48.5 Å². The lowest BCUT2D eigenvalue weighted by atomic mass is 10.0. The number of esters is 1. The van der Waals surface area contributed by atoms with Crippen molar-refractivity contribution in [3.8, 4) is 0 Å². The van der Waals surface area contributed by atoms with Gasteiger partial charge in [-0.3, -0.25) is 14.4 Å². The van der Waals surface area contributed by atoms with Gasteiger partial charge in [0.05, 0.1) is 0 Å². The van der Waals surface area contributed by atoms with Crippen molar-refractivity contribution in [2.75, 3.05) is 11.9 Å². The Balaban J connectivity index is 1.79. The second kappa shape index (κ2) is 9.64. The standard InChI is InChI=1S/C21H23FN2O4/c1-13(2)15-6-10-18(11-7-15)24-20(26)14(3)28-19(25)12-23-21(27)16-4-8-17(22)9-5-16/h4-11,13-14H,12H2,1-3H3,(H,23,27)(H,24,26)/t14-/m0/s1. The maximum Gasteiger partial charge on any atom is 0.326 e. The normalized spacial score (nSPS) is 11.6. The number of carbonyl (C=O) groups is 3. The zero-order valence-corrected chi connectivity index (χ0v) is 16.0. The van der Waals surface area contributed by atoms with E-state index in [1.165, 1.54) is 19.1 Å². The maximum absolute atomic E-state index is 12.9. The van der Waals surface area contributed by atoms with Crippen LogP contribution < -0.4 is 10.6 Å². The Bertz CT molecular complexity index is 832. The fourth-order valence-electron chi connectivity index (χ4n) is 2.34. The van der Waals surface area contributed by atoms with Gasteiger partial charge in [0.2, 0.25) is 0 Å². The summed E-state index contributed by atoms with van der Waals surface area (Å²) in [6.45, 7) is 5.18. The number of amides is 2. The molecule has 0 aliphatic heterocycles. The molecule has 7 heteroatoms. The number of nitrogens with one attached hydrogen (secondary N) is 2. The van der Waals surface area contributed by atoms with Crippen LogP contribution in [0.5, 0.6) is 0 Å². The molecule has 6 nitrogen and oxygen atoms in total. The summed E-state index contributed by atoms with van der Waals surface area (Å²) < 4.78 is 17.9. The summed E-state index contributed by atoms with van der Waals surface area (Å²) in [5.41, 5.74) is 1.96. The highest BCUT2D eigenvalue weighted by molar-refractivity contribution is 5.97. The van der Waals surface area contributed by atoms with Crippen LogP contribution in [0.1, 0.15) is 42.6 Å². The average Bonchev–Trinajstić information content (AvgIpc) is 2.67. The molecule has 2 rings (SSSR count). The molecule has 2 aromatic rings. The molecule has 0 aliphatic carbocycles. The van der Waals surface area contributed by atoms with Gasteiger partial charge in [0, 0.05) is 11.3 Å². The minimum Gasteiger partial charge on any atom is -0.451 e. The van der Waals surface area contributed by atoms with Gasteiger partial charge in [0.25, 0.3) is 11.8 Å². The van der Waals surface area contributed by atoms with E-state index in [-0.39, 0.29) is 5.56 Å². The van der Waals surface area contributed by atoms with Crippen molar-refractivity contribution in [3.63, 3.8) is 0 Å². The molecular formula is C21H23FN2O4. The van der Waals surface area contributed by atoms with Crippen LogP contribution in [-0.2, 0) is 14.3 Å². The first kappa shape index (κ1) is 21.1. The highest BCUT2D eigenvalue weighted by atomic mass is 19.1. The topological polar surface area (TPSA) is 84.5 Å². The van der Waals surface area contributed by atoms with E-state index in [1.54, 1.807) is 12.1 Å². The molecule has 0 radical (unpaired) electrons. The van der Waals surface area contributed by atoms with Crippen molar-refractivity contribution >= 4 is 23.5 Å². The molecule has 0 aromatic heterocycles. The smallest absolute Gasteiger partial charge is 0.326 e. The Hall–Kier alpha value is -3.22. The summed E-state index contributed by atoms with van der Waals surface area (Å²) >= 11 is 0. The van der Waals surface area contributed by atoms with Crippen LogP contribution in [0.25, 0.3) is 0 Å². The number of halogens is 1. The summed E-state index contributed by atoms with van der Waals surface area (Å²) in [5, 5.41) is 5.03. The van der Waals surface area contributed by atoms with Gasteiger partial charge in [0.1, 0.15) is 12.4 Å². The molecule has 2 N–H and O–H groups in total. The third-order valence-corrected chi connectivity index (χ3v) is 4.02. The lowest BCUT2D eigenvalue weighted by Crippen LogP contribution is -2.35. The van der Waals surface area contributed by atoms with E-state index in [2.05, 4.69) is 24.5 Å². The first-order valence-electron chi connectivity index (χ1n) is 8.90. The quantitative estimate of drug-likeness (QED) is 0.716. The van der Waals surface area contributed by atoms with E-state index in [4.69, 9.17) is 4.74 Å². The first-order valence-corrected chi connectivity index (χ1v) is 8.90. The Kier molecular flexibility index (Phi) is 7.26. The summed E-state index contributed by atoms with van der Waals surface area (Å²) in [5.74, 6) is -1.85. The predicted molar refractivity (Wildman–Crippen MR) is 103 cm³/mol. The van der Waals surface area contributed by atoms with Crippen molar-refractivity contribution in [1.29, 1.82) is 0 Å². The van der Waals surface area contributed by atoms with Gasteiger partial charge < -0.3 is 15.4 Å². The van der Waals surface area contributed by atoms with Gasteiger partial charge in [-0.25, -0.2) is 4.39 Å². The fraction of sp³-hybridized carbons (Fsp3) is 0.286. The summed E-state index contributed by atoms with van der Waals surface area (Å²) in [7, 11) is 0. The van der Waals surface area contributed by atoms with Crippen LogP contribution in [0.2, 0.25) is 0 Å². The minimum atomic E-state index is -1.03. The van der Waals surface area contributed by atoms with E-state index in [9.17, 15) is 18.8 Å². The SMILES string of the molecule is CC(C)c1ccc(NC(=O)[C@H](C)OC(=O)CNC(=O)c2ccc(F)cc2)cc1. The van der Waals surface area contributed by atoms with E-state index >= 15 is 0 Å². The van der Waals surface area contributed by atoms with E-state index in [0.29, 0.717) is 11.6 Å². The van der Waals surface area contributed by atoms with Crippen molar-refractivity contribution in [2.24, 2.45) is 0 Å². The highest BCUT2D eigenvalue weighted by Crippen LogP contribution is 2.17. The monoisotopic (exact) mass is 386 g/mol. The maximum atomic E-state index is 12.9. The molecule has 0 fully saturated rings. The van der Waals surface area contributed by atoms with E-state index < -0.39 is 36.2 Å². The van der Waals surface area contributed by atoms with Crippen LogP contribution in [-0.4, -0.2) is 30.4 Å². The van der Waals surface area contributed by atoms with Crippen LogP contribution in [0, 0.1) is 5.82 Å². The number of ether oxygens (including phenoxy) is 1. The molecule has 0 bridgehead atoms. The number of rotatable bonds is 7. The third kappa shape index (κ3) is 6.19. The lowest BCUT2D eigenvalue weighted by molar-refractivity contribution is -0.152. The fourth-order valence-corrected chi connectivity index (χ4v) is 2.34. The van der Waals surface area contributed by atoms with Crippen molar-refractivity contribution in [1.82, 2.24) is 5.32 Å². The Morgan fingerprint density at radius 2 is 1.57 bits per heavy atom. The largest absolute Gasteiger partial charge is 0.451 e. The molecule has 1 atom stereocenters. The second-order valence-corrected chi connectivity index (χ2v) is 6.59. The van der Waals surface area contributed by atoms with Crippen LogP contribution in [0.3, 0.4) is 0 Å². The summed E-state index contributed by atoms with van der Waals surface area (Å²) in [4.78, 5) is 35.9. The molecular weight excluding hydrogens is 363 g/mol. The highest BCUT2D eigenvalue weighted by Gasteiger charge is 2.18. The summed E-state index contributed by atoms with van der Waals surface area (Å²) in [6.07, 6.45) is -1.03. The molecule has 148 valence electrons.